The number of carbonyl (C=O) groups excluding carboxylic acids is 1. The Morgan fingerprint density at radius 1 is 0.955 bits per heavy atom. The quantitative estimate of drug-likeness (QED) is 0.677. The highest BCUT2D eigenvalue weighted by Crippen LogP contribution is 2.28. The monoisotopic (exact) mass is 289 g/mol. The third-order valence-electron chi connectivity index (χ3n) is 3.96. The summed E-state index contributed by atoms with van der Waals surface area (Å²) in [5, 5.41) is 0. The standard InChI is InChI=1S/C20H19NO/c1-15-9-11-16(12-10-15)18(19-8-5-13-21-19)14-20(22)17-6-3-2-4-7-17/h2-13,18,21H,14H2,1H3. The lowest BCUT2D eigenvalue weighted by molar-refractivity contribution is 0.0977. The molecule has 2 aromatic carbocycles. The molecule has 3 aromatic rings. The van der Waals surface area contributed by atoms with E-state index in [0.29, 0.717) is 6.42 Å². The number of carbonyl (C=O) groups is 1. The molecular weight excluding hydrogens is 270 g/mol. The van der Waals surface area contributed by atoms with Gasteiger partial charge >= 0.3 is 0 Å². The smallest absolute Gasteiger partial charge is 0.163 e. The van der Waals surface area contributed by atoms with Gasteiger partial charge in [0.1, 0.15) is 0 Å². The van der Waals surface area contributed by atoms with Gasteiger partial charge in [-0.1, -0.05) is 60.2 Å². The van der Waals surface area contributed by atoms with Crippen LogP contribution in [0.3, 0.4) is 0 Å². The second-order valence-electron chi connectivity index (χ2n) is 5.58. The molecule has 0 saturated heterocycles. The van der Waals surface area contributed by atoms with Gasteiger partial charge in [-0.05, 0) is 24.6 Å². The van der Waals surface area contributed by atoms with Gasteiger partial charge in [0.25, 0.3) is 0 Å². The zero-order chi connectivity index (χ0) is 15.4. The van der Waals surface area contributed by atoms with E-state index < -0.39 is 0 Å². The predicted octanol–water partition coefficient (Wildman–Crippen LogP) is 4.73. The Labute approximate surface area is 130 Å². The highest BCUT2D eigenvalue weighted by molar-refractivity contribution is 5.96. The van der Waals surface area contributed by atoms with Crippen molar-refractivity contribution in [1.29, 1.82) is 0 Å². The van der Waals surface area contributed by atoms with Gasteiger partial charge in [-0.3, -0.25) is 4.79 Å². The summed E-state index contributed by atoms with van der Waals surface area (Å²) in [7, 11) is 0. The fourth-order valence-electron chi connectivity index (χ4n) is 2.69. The molecule has 1 aromatic heterocycles. The Hall–Kier alpha value is -2.61. The van der Waals surface area contributed by atoms with E-state index in [-0.39, 0.29) is 11.7 Å². The van der Waals surface area contributed by atoms with E-state index in [2.05, 4.69) is 36.2 Å². The van der Waals surface area contributed by atoms with E-state index in [0.717, 1.165) is 16.8 Å². The van der Waals surface area contributed by atoms with Gasteiger partial charge in [0.15, 0.2) is 5.78 Å². The summed E-state index contributed by atoms with van der Waals surface area (Å²) < 4.78 is 0. The van der Waals surface area contributed by atoms with Gasteiger partial charge < -0.3 is 4.98 Å². The number of aromatic nitrogens is 1. The first-order valence-corrected chi connectivity index (χ1v) is 7.52. The van der Waals surface area contributed by atoms with E-state index in [1.165, 1.54) is 5.56 Å². The first-order valence-electron chi connectivity index (χ1n) is 7.52. The van der Waals surface area contributed by atoms with Gasteiger partial charge in [0, 0.05) is 29.8 Å². The maximum atomic E-state index is 12.6. The minimum Gasteiger partial charge on any atom is -0.364 e. The van der Waals surface area contributed by atoms with Crippen LogP contribution in [-0.2, 0) is 0 Å². The van der Waals surface area contributed by atoms with E-state index in [1.54, 1.807) is 0 Å². The molecule has 0 spiro atoms. The molecule has 2 nitrogen and oxygen atoms in total. The Morgan fingerprint density at radius 2 is 1.68 bits per heavy atom. The van der Waals surface area contributed by atoms with E-state index in [1.807, 2.05) is 48.7 Å². The van der Waals surface area contributed by atoms with Crippen LogP contribution in [0.5, 0.6) is 0 Å². The molecule has 0 amide bonds. The molecule has 1 heterocycles. The largest absolute Gasteiger partial charge is 0.364 e. The molecule has 0 fully saturated rings. The zero-order valence-corrected chi connectivity index (χ0v) is 12.6. The lowest BCUT2D eigenvalue weighted by Gasteiger charge is -2.16. The second kappa shape index (κ2) is 6.44. The van der Waals surface area contributed by atoms with Crippen molar-refractivity contribution < 1.29 is 4.79 Å². The van der Waals surface area contributed by atoms with Crippen molar-refractivity contribution in [3.63, 3.8) is 0 Å². The summed E-state index contributed by atoms with van der Waals surface area (Å²) in [4.78, 5) is 15.8. The average Bonchev–Trinajstić information content (AvgIpc) is 3.08. The summed E-state index contributed by atoms with van der Waals surface area (Å²) in [6.07, 6.45) is 2.37. The number of ketones is 1. The Bertz CT molecular complexity index is 727. The predicted molar refractivity (Wildman–Crippen MR) is 89.2 cm³/mol. The molecule has 0 bridgehead atoms. The number of rotatable bonds is 5. The minimum absolute atomic E-state index is 0.0586. The molecule has 0 aliphatic rings. The molecule has 0 radical (unpaired) electrons. The number of aryl methyl sites for hydroxylation is 1. The van der Waals surface area contributed by atoms with Crippen LogP contribution < -0.4 is 0 Å². The van der Waals surface area contributed by atoms with Crippen LogP contribution in [0.15, 0.2) is 72.9 Å². The molecule has 2 heteroatoms. The normalized spacial score (nSPS) is 12.0. The summed E-state index contributed by atoms with van der Waals surface area (Å²) in [5.41, 5.74) is 4.24. The summed E-state index contributed by atoms with van der Waals surface area (Å²) in [6.45, 7) is 2.07. The van der Waals surface area contributed by atoms with Crippen LogP contribution in [-0.4, -0.2) is 10.8 Å². The average molecular weight is 289 g/mol. The second-order valence-corrected chi connectivity index (χ2v) is 5.58. The number of benzene rings is 2. The lowest BCUT2D eigenvalue weighted by Crippen LogP contribution is -2.09. The molecule has 1 N–H and O–H groups in total. The van der Waals surface area contributed by atoms with Crippen molar-refractivity contribution in [3.8, 4) is 0 Å². The number of nitrogens with one attached hydrogen (secondary N) is 1. The third kappa shape index (κ3) is 3.17. The Morgan fingerprint density at radius 3 is 2.32 bits per heavy atom. The fraction of sp³-hybridized carbons (Fsp3) is 0.150. The van der Waals surface area contributed by atoms with Crippen LogP contribution in [0.4, 0.5) is 0 Å². The number of hydrogen-bond acceptors (Lipinski definition) is 1. The number of Topliss-reactive ketones (excluding diaryl/α,β-unsaturated/α-hetero) is 1. The maximum absolute atomic E-state index is 12.6. The highest BCUT2D eigenvalue weighted by atomic mass is 16.1. The molecule has 0 aliphatic heterocycles. The van der Waals surface area contributed by atoms with Gasteiger partial charge in [-0.15, -0.1) is 0 Å². The molecular formula is C20H19NO. The van der Waals surface area contributed by atoms with Crippen molar-refractivity contribution in [1.82, 2.24) is 4.98 Å². The van der Waals surface area contributed by atoms with Crippen molar-refractivity contribution in [2.75, 3.05) is 0 Å². The topological polar surface area (TPSA) is 32.9 Å². The van der Waals surface area contributed by atoms with Gasteiger partial charge in [0.2, 0.25) is 0 Å². The van der Waals surface area contributed by atoms with E-state index in [4.69, 9.17) is 0 Å². The molecule has 110 valence electrons. The van der Waals surface area contributed by atoms with Crippen LogP contribution in [0.25, 0.3) is 0 Å². The molecule has 22 heavy (non-hydrogen) atoms. The Balaban J connectivity index is 1.90. The lowest BCUT2D eigenvalue weighted by atomic mass is 9.88. The first kappa shape index (κ1) is 14.3. The molecule has 0 saturated carbocycles. The zero-order valence-electron chi connectivity index (χ0n) is 12.6. The van der Waals surface area contributed by atoms with E-state index >= 15 is 0 Å². The summed E-state index contributed by atoms with van der Waals surface area (Å²) >= 11 is 0. The van der Waals surface area contributed by atoms with Crippen molar-refractivity contribution in [2.24, 2.45) is 0 Å². The van der Waals surface area contributed by atoms with Crippen LogP contribution >= 0.6 is 0 Å². The fourth-order valence-corrected chi connectivity index (χ4v) is 2.69. The summed E-state index contributed by atoms with van der Waals surface area (Å²) in [5.74, 6) is 0.226. The minimum atomic E-state index is 0.0586. The number of H-pyrrole nitrogens is 1. The van der Waals surface area contributed by atoms with Crippen molar-refractivity contribution in [3.05, 3.63) is 95.3 Å². The van der Waals surface area contributed by atoms with E-state index in [9.17, 15) is 4.79 Å². The number of hydrogen-bond donors (Lipinski definition) is 1. The SMILES string of the molecule is Cc1ccc(C(CC(=O)c2ccccc2)c2ccc[nH]2)cc1. The van der Waals surface area contributed by atoms with Crippen LogP contribution in [0, 0.1) is 6.92 Å². The molecule has 3 rings (SSSR count). The molecule has 0 aliphatic carbocycles. The van der Waals surface area contributed by atoms with Gasteiger partial charge in [-0.2, -0.15) is 0 Å². The van der Waals surface area contributed by atoms with Crippen molar-refractivity contribution in [2.45, 2.75) is 19.3 Å². The number of aromatic amines is 1. The highest BCUT2D eigenvalue weighted by Gasteiger charge is 2.19. The maximum Gasteiger partial charge on any atom is 0.163 e. The van der Waals surface area contributed by atoms with Gasteiger partial charge in [0.05, 0.1) is 0 Å². The van der Waals surface area contributed by atoms with Gasteiger partial charge in [-0.25, -0.2) is 0 Å². The van der Waals surface area contributed by atoms with Crippen LogP contribution in [0.2, 0.25) is 0 Å². The van der Waals surface area contributed by atoms with Crippen LogP contribution in [0.1, 0.15) is 39.5 Å². The molecule has 1 atom stereocenters. The molecule has 1 unspecified atom stereocenters. The third-order valence-corrected chi connectivity index (χ3v) is 3.96. The van der Waals surface area contributed by atoms with Crippen molar-refractivity contribution >= 4 is 5.78 Å². The summed E-state index contributed by atoms with van der Waals surface area (Å²) in [6, 6.07) is 21.9. The Kier molecular flexibility index (Phi) is 4.19. The first-order chi connectivity index (χ1) is 10.7.